The monoisotopic (exact) mass is 239 g/mol. The molecule has 0 aliphatic heterocycles. The topological polar surface area (TPSA) is 64.7 Å². The summed E-state index contributed by atoms with van der Waals surface area (Å²) in [6.07, 6.45) is 0.775. The van der Waals surface area contributed by atoms with Crippen molar-refractivity contribution in [2.75, 3.05) is 14.2 Å². The molecule has 0 amide bonds. The second-order valence-corrected chi connectivity index (χ2v) is 4.06. The molecule has 0 spiro atoms. The molecule has 0 bridgehead atoms. The predicted octanol–water partition coefficient (Wildman–Crippen LogP) is 1.34. The Morgan fingerprint density at radius 2 is 1.71 bits per heavy atom. The van der Waals surface area contributed by atoms with Crippen LogP contribution in [0, 0.1) is 0 Å². The Hall–Kier alpha value is -1.26. The van der Waals surface area contributed by atoms with Gasteiger partial charge in [0.25, 0.3) is 0 Å². The van der Waals surface area contributed by atoms with E-state index in [0.717, 1.165) is 17.1 Å². The molecule has 0 saturated heterocycles. The molecule has 1 aromatic rings. The summed E-state index contributed by atoms with van der Waals surface area (Å²) in [5, 5.41) is 9.65. The first-order valence-electron chi connectivity index (χ1n) is 5.76. The molecule has 1 aromatic carbocycles. The van der Waals surface area contributed by atoms with E-state index in [1.54, 1.807) is 14.2 Å². The van der Waals surface area contributed by atoms with E-state index in [4.69, 9.17) is 15.2 Å². The molecule has 96 valence electrons. The van der Waals surface area contributed by atoms with Gasteiger partial charge < -0.3 is 20.3 Å². The Labute approximate surface area is 102 Å². The number of hydrogen-bond donors (Lipinski definition) is 2. The van der Waals surface area contributed by atoms with Gasteiger partial charge in [-0.3, -0.25) is 0 Å². The van der Waals surface area contributed by atoms with Gasteiger partial charge in [0, 0.05) is 12.1 Å². The van der Waals surface area contributed by atoms with Gasteiger partial charge in [0.05, 0.1) is 20.3 Å². The second-order valence-electron chi connectivity index (χ2n) is 4.06. The molecule has 2 unspecified atom stereocenters. The van der Waals surface area contributed by atoms with Gasteiger partial charge in [-0.25, -0.2) is 0 Å². The third-order valence-electron chi connectivity index (χ3n) is 2.80. The fourth-order valence-corrected chi connectivity index (χ4v) is 1.70. The van der Waals surface area contributed by atoms with Gasteiger partial charge in [-0.05, 0) is 30.5 Å². The van der Waals surface area contributed by atoms with Gasteiger partial charge in [0.15, 0.2) is 0 Å². The zero-order valence-electron chi connectivity index (χ0n) is 10.6. The highest BCUT2D eigenvalue weighted by Gasteiger charge is 2.14. The van der Waals surface area contributed by atoms with Gasteiger partial charge in [0.1, 0.15) is 11.5 Å². The lowest BCUT2D eigenvalue weighted by Gasteiger charge is -2.18. The maximum absolute atomic E-state index is 9.65. The Bertz CT molecular complexity index is 332. The third-order valence-corrected chi connectivity index (χ3v) is 2.80. The summed E-state index contributed by atoms with van der Waals surface area (Å²) in [6.45, 7) is 1.91. The molecule has 4 nitrogen and oxygen atoms in total. The van der Waals surface area contributed by atoms with Gasteiger partial charge in [0.2, 0.25) is 0 Å². The van der Waals surface area contributed by atoms with E-state index >= 15 is 0 Å². The highest BCUT2D eigenvalue weighted by atomic mass is 16.5. The summed E-state index contributed by atoms with van der Waals surface area (Å²) in [6, 6.07) is 5.36. The molecule has 17 heavy (non-hydrogen) atoms. The van der Waals surface area contributed by atoms with Crippen molar-refractivity contribution in [3.05, 3.63) is 23.8 Å². The molecule has 0 radical (unpaired) electrons. The Morgan fingerprint density at radius 3 is 2.12 bits per heavy atom. The zero-order valence-corrected chi connectivity index (χ0v) is 10.6. The average molecular weight is 239 g/mol. The third kappa shape index (κ3) is 3.91. The van der Waals surface area contributed by atoms with E-state index in [0.29, 0.717) is 12.8 Å². The van der Waals surface area contributed by atoms with Crippen LogP contribution in [0.2, 0.25) is 0 Å². The van der Waals surface area contributed by atoms with Crippen molar-refractivity contribution >= 4 is 0 Å². The fourth-order valence-electron chi connectivity index (χ4n) is 1.70. The minimum Gasteiger partial charge on any atom is -0.497 e. The quantitative estimate of drug-likeness (QED) is 0.786. The molecule has 0 fully saturated rings. The first-order chi connectivity index (χ1) is 8.10. The lowest BCUT2D eigenvalue weighted by Crippen LogP contribution is -2.36. The standard InChI is InChI=1S/C13H21NO3/c1-4-13(15)12(14)7-9-5-10(16-2)8-11(6-9)17-3/h5-6,8,12-13,15H,4,7,14H2,1-3H3. The summed E-state index contributed by atoms with van der Waals surface area (Å²) >= 11 is 0. The van der Waals surface area contributed by atoms with Gasteiger partial charge in [-0.2, -0.15) is 0 Å². The molecule has 0 saturated carbocycles. The number of ether oxygens (including phenoxy) is 2. The molecule has 2 atom stereocenters. The molecule has 0 aromatic heterocycles. The minimum absolute atomic E-state index is 0.267. The molecule has 0 heterocycles. The van der Waals surface area contributed by atoms with E-state index < -0.39 is 6.10 Å². The molecule has 3 N–H and O–H groups in total. The van der Waals surface area contributed by atoms with Crippen LogP contribution in [0.4, 0.5) is 0 Å². The number of benzene rings is 1. The number of hydrogen-bond acceptors (Lipinski definition) is 4. The number of methoxy groups -OCH3 is 2. The predicted molar refractivity (Wildman–Crippen MR) is 67.5 cm³/mol. The van der Waals surface area contributed by atoms with Crippen molar-refractivity contribution < 1.29 is 14.6 Å². The average Bonchev–Trinajstić information content (AvgIpc) is 2.36. The van der Waals surface area contributed by atoms with E-state index in [-0.39, 0.29) is 6.04 Å². The van der Waals surface area contributed by atoms with E-state index in [9.17, 15) is 5.11 Å². The number of aliphatic hydroxyl groups is 1. The normalized spacial score (nSPS) is 14.2. The van der Waals surface area contributed by atoms with Crippen molar-refractivity contribution in [1.29, 1.82) is 0 Å². The van der Waals surface area contributed by atoms with E-state index in [2.05, 4.69) is 0 Å². The second kappa shape index (κ2) is 6.47. The van der Waals surface area contributed by atoms with Crippen LogP contribution in [0.5, 0.6) is 11.5 Å². The molecule has 1 rings (SSSR count). The summed E-state index contributed by atoms with van der Waals surface area (Å²) in [5.41, 5.74) is 6.91. The highest BCUT2D eigenvalue weighted by molar-refractivity contribution is 5.38. The summed E-state index contributed by atoms with van der Waals surface area (Å²) in [5.74, 6) is 1.47. The first kappa shape index (κ1) is 13.8. The van der Waals surface area contributed by atoms with Crippen molar-refractivity contribution in [1.82, 2.24) is 0 Å². The Balaban J connectivity index is 2.82. The highest BCUT2D eigenvalue weighted by Crippen LogP contribution is 2.23. The maximum atomic E-state index is 9.65. The molecular formula is C13H21NO3. The Morgan fingerprint density at radius 1 is 1.18 bits per heavy atom. The van der Waals surface area contributed by atoms with Crippen LogP contribution in [-0.4, -0.2) is 31.5 Å². The minimum atomic E-state index is -0.479. The molecule has 0 aliphatic carbocycles. The van der Waals surface area contributed by atoms with E-state index in [1.165, 1.54) is 0 Å². The summed E-state index contributed by atoms with van der Waals surface area (Å²) in [4.78, 5) is 0. The number of nitrogens with two attached hydrogens (primary N) is 1. The van der Waals surface area contributed by atoms with Crippen LogP contribution in [0.15, 0.2) is 18.2 Å². The van der Waals surface area contributed by atoms with Crippen molar-refractivity contribution in [2.24, 2.45) is 5.73 Å². The summed E-state index contributed by atoms with van der Waals surface area (Å²) < 4.78 is 10.4. The SMILES string of the molecule is CCC(O)C(N)Cc1cc(OC)cc(OC)c1. The largest absolute Gasteiger partial charge is 0.497 e. The lowest BCUT2D eigenvalue weighted by molar-refractivity contribution is 0.140. The van der Waals surface area contributed by atoms with Crippen LogP contribution in [0.25, 0.3) is 0 Å². The van der Waals surface area contributed by atoms with Crippen LogP contribution in [-0.2, 0) is 6.42 Å². The molecular weight excluding hydrogens is 218 g/mol. The van der Waals surface area contributed by atoms with Crippen LogP contribution >= 0.6 is 0 Å². The molecule has 4 heteroatoms. The summed E-state index contributed by atoms with van der Waals surface area (Å²) in [7, 11) is 3.22. The van der Waals surface area contributed by atoms with Crippen molar-refractivity contribution in [2.45, 2.75) is 31.9 Å². The lowest BCUT2D eigenvalue weighted by atomic mass is 10.0. The van der Waals surface area contributed by atoms with Crippen molar-refractivity contribution in [3.63, 3.8) is 0 Å². The first-order valence-corrected chi connectivity index (χ1v) is 5.76. The fraction of sp³-hybridized carbons (Fsp3) is 0.538. The van der Waals surface area contributed by atoms with Crippen molar-refractivity contribution in [3.8, 4) is 11.5 Å². The Kier molecular flexibility index (Phi) is 5.25. The number of rotatable bonds is 6. The van der Waals surface area contributed by atoms with Gasteiger partial charge in [-0.1, -0.05) is 6.92 Å². The van der Waals surface area contributed by atoms with Crippen LogP contribution < -0.4 is 15.2 Å². The van der Waals surface area contributed by atoms with Crippen LogP contribution in [0.3, 0.4) is 0 Å². The van der Waals surface area contributed by atoms with E-state index in [1.807, 2.05) is 25.1 Å². The van der Waals surface area contributed by atoms with Crippen LogP contribution in [0.1, 0.15) is 18.9 Å². The van der Waals surface area contributed by atoms with Gasteiger partial charge in [-0.15, -0.1) is 0 Å². The molecule has 0 aliphatic rings. The van der Waals surface area contributed by atoms with Gasteiger partial charge >= 0.3 is 0 Å². The maximum Gasteiger partial charge on any atom is 0.122 e. The number of aliphatic hydroxyl groups excluding tert-OH is 1. The smallest absolute Gasteiger partial charge is 0.122 e. The zero-order chi connectivity index (χ0) is 12.8.